The van der Waals surface area contributed by atoms with Gasteiger partial charge >= 0.3 is 0 Å². The number of aldehydes is 2. The molecule has 0 aliphatic heterocycles. The van der Waals surface area contributed by atoms with Gasteiger partial charge in [0.2, 0.25) is 0 Å². The zero-order chi connectivity index (χ0) is 17.2. The molecule has 122 valence electrons. The van der Waals surface area contributed by atoms with E-state index in [4.69, 9.17) is 14.9 Å². The minimum Gasteiger partial charge on any atom is -0.504 e. The van der Waals surface area contributed by atoms with Crippen molar-refractivity contribution < 1.29 is 29.6 Å². The summed E-state index contributed by atoms with van der Waals surface area (Å²) in [5, 5.41) is 27.1. The second kappa shape index (κ2) is 9.09. The molecule has 0 saturated carbocycles. The van der Waals surface area contributed by atoms with Crippen molar-refractivity contribution in [3.05, 3.63) is 47.5 Å². The van der Waals surface area contributed by atoms with Gasteiger partial charge in [0, 0.05) is 0 Å². The van der Waals surface area contributed by atoms with Crippen LogP contribution in [0.2, 0.25) is 0 Å². The van der Waals surface area contributed by atoms with E-state index in [0.717, 1.165) is 6.42 Å². The second-order valence-electron chi connectivity index (χ2n) is 4.49. The molecule has 0 fully saturated rings. The van der Waals surface area contributed by atoms with Gasteiger partial charge in [-0.25, -0.2) is 0 Å². The molecule has 0 bridgehead atoms. The Balaban J connectivity index is 0.000000238. The Morgan fingerprint density at radius 1 is 0.913 bits per heavy atom. The molecule has 2 aromatic rings. The van der Waals surface area contributed by atoms with Crippen LogP contribution in [0, 0.1) is 0 Å². The molecule has 3 N–H and O–H groups in total. The first kappa shape index (κ1) is 18.0. The molecule has 0 aromatic heterocycles. The quantitative estimate of drug-likeness (QED) is 0.578. The molecule has 23 heavy (non-hydrogen) atoms. The maximum Gasteiger partial charge on any atom is 0.171 e. The molecule has 6 nitrogen and oxygen atoms in total. The standard InChI is InChI=1S/C10H12O3.C7H6O3/c1-2-6-13-10-8(7-11)4-3-5-9(10)12;8-4-5-2-1-3-6(9)7(5)10/h3-5,7,12H,2,6H2,1H3;1-4,9-10H. The topological polar surface area (TPSA) is 104 Å². The third-order valence-corrected chi connectivity index (χ3v) is 2.78. The van der Waals surface area contributed by atoms with Crippen LogP contribution in [0.1, 0.15) is 34.1 Å². The maximum atomic E-state index is 10.6. The van der Waals surface area contributed by atoms with Crippen LogP contribution in [0.3, 0.4) is 0 Å². The van der Waals surface area contributed by atoms with Crippen LogP contribution in [0.15, 0.2) is 36.4 Å². The summed E-state index contributed by atoms with van der Waals surface area (Å²) < 4.78 is 5.23. The molecule has 0 aliphatic rings. The van der Waals surface area contributed by atoms with Gasteiger partial charge in [-0.3, -0.25) is 9.59 Å². The van der Waals surface area contributed by atoms with Crippen molar-refractivity contribution in [2.24, 2.45) is 0 Å². The zero-order valence-corrected chi connectivity index (χ0v) is 12.6. The molecule has 0 aliphatic carbocycles. The van der Waals surface area contributed by atoms with Crippen molar-refractivity contribution in [2.45, 2.75) is 13.3 Å². The Labute approximate surface area is 133 Å². The SMILES string of the molecule is CCCOc1c(O)cccc1C=O.O=Cc1cccc(O)c1O. The fourth-order valence-electron chi connectivity index (χ4n) is 1.64. The predicted octanol–water partition coefficient (Wildman–Crippen LogP) is 2.90. The van der Waals surface area contributed by atoms with E-state index in [1.165, 1.54) is 24.3 Å². The Hall–Kier alpha value is -3.02. The average Bonchev–Trinajstić information content (AvgIpc) is 2.56. The number of hydrogen-bond acceptors (Lipinski definition) is 6. The molecule has 2 aromatic carbocycles. The Kier molecular flexibility index (Phi) is 7.13. The van der Waals surface area contributed by atoms with Gasteiger partial charge in [-0.1, -0.05) is 19.1 Å². The number of phenols is 3. The summed E-state index contributed by atoms with van der Waals surface area (Å²) in [7, 11) is 0. The number of carbonyl (C=O) groups excluding carboxylic acids is 2. The van der Waals surface area contributed by atoms with E-state index < -0.39 is 0 Å². The van der Waals surface area contributed by atoms with Crippen LogP contribution in [0.25, 0.3) is 0 Å². The number of hydrogen-bond donors (Lipinski definition) is 3. The fourth-order valence-corrected chi connectivity index (χ4v) is 1.64. The summed E-state index contributed by atoms with van der Waals surface area (Å²) in [5.41, 5.74) is 0.480. The summed E-state index contributed by atoms with van der Waals surface area (Å²) in [6, 6.07) is 8.93. The van der Waals surface area contributed by atoms with Crippen molar-refractivity contribution in [1.82, 2.24) is 0 Å². The third-order valence-electron chi connectivity index (χ3n) is 2.78. The normalized spacial score (nSPS) is 9.43. The molecule has 2 rings (SSSR count). The fraction of sp³-hybridized carbons (Fsp3) is 0.176. The van der Waals surface area contributed by atoms with Gasteiger partial charge in [-0.05, 0) is 30.7 Å². The Morgan fingerprint density at radius 2 is 1.48 bits per heavy atom. The maximum absolute atomic E-state index is 10.6. The highest BCUT2D eigenvalue weighted by atomic mass is 16.5. The van der Waals surface area contributed by atoms with E-state index in [1.54, 1.807) is 12.1 Å². The monoisotopic (exact) mass is 318 g/mol. The predicted molar refractivity (Wildman–Crippen MR) is 84.4 cm³/mol. The number of ether oxygens (including phenoxy) is 1. The molecule has 6 heteroatoms. The lowest BCUT2D eigenvalue weighted by Crippen LogP contribution is -1.98. The van der Waals surface area contributed by atoms with E-state index >= 15 is 0 Å². The molecule has 0 unspecified atom stereocenters. The number of para-hydroxylation sites is 2. The number of phenolic OH excluding ortho intramolecular Hbond substituents is 3. The number of carbonyl (C=O) groups is 2. The van der Waals surface area contributed by atoms with Crippen LogP contribution < -0.4 is 4.74 Å². The van der Waals surface area contributed by atoms with Gasteiger partial charge in [0.25, 0.3) is 0 Å². The molecule has 0 saturated heterocycles. The van der Waals surface area contributed by atoms with Gasteiger partial charge in [-0.2, -0.15) is 0 Å². The Morgan fingerprint density at radius 3 is 2.00 bits per heavy atom. The highest BCUT2D eigenvalue weighted by molar-refractivity contribution is 5.81. The first-order chi connectivity index (χ1) is 11.0. The lowest BCUT2D eigenvalue weighted by Gasteiger charge is -2.08. The second-order valence-corrected chi connectivity index (χ2v) is 4.49. The summed E-state index contributed by atoms with van der Waals surface area (Å²) in [4.78, 5) is 20.7. The van der Waals surface area contributed by atoms with E-state index in [2.05, 4.69) is 0 Å². The van der Waals surface area contributed by atoms with Gasteiger partial charge in [0.15, 0.2) is 35.6 Å². The van der Waals surface area contributed by atoms with Gasteiger partial charge in [-0.15, -0.1) is 0 Å². The lowest BCUT2D eigenvalue weighted by molar-refractivity contribution is 0.111. The summed E-state index contributed by atoms with van der Waals surface area (Å²) in [6.45, 7) is 2.46. The van der Waals surface area contributed by atoms with Crippen LogP contribution in [-0.2, 0) is 0 Å². The van der Waals surface area contributed by atoms with Gasteiger partial charge in [0.05, 0.1) is 17.7 Å². The summed E-state index contributed by atoms with van der Waals surface area (Å²) >= 11 is 0. The number of benzene rings is 2. The van der Waals surface area contributed by atoms with Gasteiger partial charge in [0.1, 0.15) is 0 Å². The lowest BCUT2D eigenvalue weighted by atomic mass is 10.2. The van der Waals surface area contributed by atoms with Crippen LogP contribution in [0.5, 0.6) is 23.0 Å². The largest absolute Gasteiger partial charge is 0.504 e. The Bertz CT molecular complexity index is 666. The summed E-state index contributed by atoms with van der Waals surface area (Å²) in [5.74, 6) is -0.348. The van der Waals surface area contributed by atoms with E-state index in [9.17, 15) is 14.7 Å². The highest BCUT2D eigenvalue weighted by Gasteiger charge is 2.07. The van der Waals surface area contributed by atoms with Crippen LogP contribution >= 0.6 is 0 Å². The highest BCUT2D eigenvalue weighted by Crippen LogP contribution is 2.28. The first-order valence-corrected chi connectivity index (χ1v) is 6.91. The van der Waals surface area contributed by atoms with Crippen molar-refractivity contribution in [2.75, 3.05) is 6.61 Å². The van der Waals surface area contributed by atoms with E-state index in [0.29, 0.717) is 24.7 Å². The molecular weight excluding hydrogens is 300 g/mol. The van der Waals surface area contributed by atoms with Crippen LogP contribution in [-0.4, -0.2) is 34.5 Å². The number of rotatable bonds is 5. The minimum absolute atomic E-state index is 0.0121. The van der Waals surface area contributed by atoms with Crippen LogP contribution in [0.4, 0.5) is 0 Å². The molecule has 0 spiro atoms. The number of aromatic hydroxyl groups is 3. The summed E-state index contributed by atoms with van der Waals surface area (Å²) in [6.07, 6.45) is 1.99. The van der Waals surface area contributed by atoms with Crippen molar-refractivity contribution >= 4 is 12.6 Å². The van der Waals surface area contributed by atoms with Crippen molar-refractivity contribution in [3.63, 3.8) is 0 Å². The first-order valence-electron chi connectivity index (χ1n) is 6.91. The average molecular weight is 318 g/mol. The van der Waals surface area contributed by atoms with E-state index in [1.807, 2.05) is 6.92 Å². The molecule has 0 atom stereocenters. The van der Waals surface area contributed by atoms with Gasteiger partial charge < -0.3 is 20.1 Å². The minimum atomic E-state index is -0.363. The molecule has 0 radical (unpaired) electrons. The smallest absolute Gasteiger partial charge is 0.171 e. The molecule has 0 heterocycles. The molecular formula is C17H18O6. The molecule has 0 amide bonds. The zero-order valence-electron chi connectivity index (χ0n) is 12.6. The van der Waals surface area contributed by atoms with Crippen molar-refractivity contribution in [3.8, 4) is 23.0 Å². The third kappa shape index (κ3) is 5.03. The van der Waals surface area contributed by atoms with Crippen molar-refractivity contribution in [1.29, 1.82) is 0 Å². The van der Waals surface area contributed by atoms with E-state index in [-0.39, 0.29) is 28.6 Å².